The molecular formula is C32H45N2O4P. The van der Waals surface area contributed by atoms with Crippen molar-refractivity contribution in [3.8, 4) is 5.75 Å². The van der Waals surface area contributed by atoms with E-state index in [0.29, 0.717) is 6.61 Å². The van der Waals surface area contributed by atoms with E-state index < -0.39 is 18.9 Å². The molecule has 0 aliphatic carbocycles. The summed E-state index contributed by atoms with van der Waals surface area (Å²) in [5.74, 6) is 0.827. The van der Waals surface area contributed by atoms with Crippen LogP contribution in [0, 0.1) is 0 Å². The third-order valence-electron chi connectivity index (χ3n) is 6.22. The second-order valence-electron chi connectivity index (χ2n) is 11.0. The van der Waals surface area contributed by atoms with E-state index in [1.165, 1.54) is 11.1 Å². The van der Waals surface area contributed by atoms with E-state index >= 15 is 0 Å². The van der Waals surface area contributed by atoms with E-state index in [0.717, 1.165) is 37.1 Å². The van der Waals surface area contributed by atoms with Crippen LogP contribution in [0.4, 0.5) is 0 Å². The number of nitrogens with one attached hydrogen (secondary N) is 2. The summed E-state index contributed by atoms with van der Waals surface area (Å²) in [4.78, 5) is 0. The van der Waals surface area contributed by atoms with Gasteiger partial charge in [-0.25, -0.2) is 9.65 Å². The monoisotopic (exact) mass is 552 g/mol. The standard InChI is InChI=1S/C32H45N2O4P/c1-26(2)34-39(35,38-31(3,4)5)37-25-15-9-14-24-33-32(27-16-10-7-11-17-27,28-18-12-8-13-19-28)29-20-22-30(36-6)23-21-29/h7-8,10-13,16-23,26,33H,9,14-15,24-25H2,1-6H3,(H,34,35). The zero-order chi connectivity index (χ0) is 28.4. The van der Waals surface area contributed by atoms with E-state index in [4.69, 9.17) is 13.8 Å². The van der Waals surface area contributed by atoms with Gasteiger partial charge in [-0.1, -0.05) is 72.8 Å². The molecule has 0 saturated heterocycles. The highest BCUT2D eigenvalue weighted by Gasteiger charge is 2.36. The molecule has 3 rings (SSSR count). The van der Waals surface area contributed by atoms with Crippen LogP contribution in [-0.4, -0.2) is 31.9 Å². The predicted molar refractivity (Wildman–Crippen MR) is 160 cm³/mol. The Kier molecular flexibility index (Phi) is 11.3. The van der Waals surface area contributed by atoms with Crippen molar-refractivity contribution in [3.63, 3.8) is 0 Å². The second-order valence-corrected chi connectivity index (χ2v) is 12.7. The van der Waals surface area contributed by atoms with Crippen LogP contribution in [0.15, 0.2) is 84.9 Å². The first kappa shape index (κ1) is 31.1. The Morgan fingerprint density at radius 2 is 1.31 bits per heavy atom. The fourth-order valence-corrected chi connectivity index (χ4v) is 6.56. The van der Waals surface area contributed by atoms with E-state index in [9.17, 15) is 4.57 Å². The zero-order valence-corrected chi connectivity index (χ0v) is 25.2. The third-order valence-corrected chi connectivity index (χ3v) is 8.36. The van der Waals surface area contributed by atoms with Crippen LogP contribution in [0.2, 0.25) is 0 Å². The van der Waals surface area contributed by atoms with Crippen LogP contribution >= 0.6 is 7.75 Å². The Morgan fingerprint density at radius 3 is 1.79 bits per heavy atom. The van der Waals surface area contributed by atoms with Crippen LogP contribution in [0.25, 0.3) is 0 Å². The molecule has 0 fully saturated rings. The van der Waals surface area contributed by atoms with Gasteiger partial charge in [0.25, 0.3) is 0 Å². The lowest BCUT2D eigenvalue weighted by Gasteiger charge is -2.37. The summed E-state index contributed by atoms with van der Waals surface area (Å²) in [6.45, 7) is 10.7. The summed E-state index contributed by atoms with van der Waals surface area (Å²) in [6.07, 6.45) is 2.64. The molecule has 6 nitrogen and oxygen atoms in total. The molecule has 3 aromatic carbocycles. The molecule has 0 aromatic heterocycles. The molecule has 0 spiro atoms. The highest BCUT2D eigenvalue weighted by Crippen LogP contribution is 2.48. The van der Waals surface area contributed by atoms with Gasteiger partial charge in [-0.05, 0) is 89.2 Å². The number of ether oxygens (including phenoxy) is 1. The molecule has 0 aliphatic rings. The van der Waals surface area contributed by atoms with Gasteiger partial charge in [0.15, 0.2) is 0 Å². The van der Waals surface area contributed by atoms with Gasteiger partial charge in [0.2, 0.25) is 0 Å². The minimum absolute atomic E-state index is 0.00978. The number of methoxy groups -OCH3 is 1. The second kappa shape index (κ2) is 14.2. The smallest absolute Gasteiger partial charge is 0.406 e. The van der Waals surface area contributed by atoms with Gasteiger partial charge in [-0.3, -0.25) is 14.4 Å². The van der Waals surface area contributed by atoms with Gasteiger partial charge >= 0.3 is 7.75 Å². The number of hydrogen-bond donors (Lipinski definition) is 2. The van der Waals surface area contributed by atoms with Gasteiger partial charge in [0.1, 0.15) is 5.75 Å². The van der Waals surface area contributed by atoms with Crippen LogP contribution in [0.3, 0.4) is 0 Å². The van der Waals surface area contributed by atoms with Crippen molar-refractivity contribution < 1.29 is 18.3 Å². The lowest BCUT2D eigenvalue weighted by Crippen LogP contribution is -2.45. The Bertz CT molecular complexity index is 1120. The van der Waals surface area contributed by atoms with E-state index in [2.05, 4.69) is 71.1 Å². The molecule has 0 bridgehead atoms. The summed E-state index contributed by atoms with van der Waals surface area (Å²) in [5, 5.41) is 6.90. The van der Waals surface area contributed by atoms with E-state index in [-0.39, 0.29) is 6.04 Å². The lowest BCUT2D eigenvalue weighted by atomic mass is 9.77. The first-order chi connectivity index (χ1) is 18.6. The molecule has 7 heteroatoms. The van der Waals surface area contributed by atoms with Crippen molar-refractivity contribution in [2.45, 2.75) is 71.1 Å². The Balaban J connectivity index is 1.72. The van der Waals surface area contributed by atoms with Gasteiger partial charge in [-0.2, -0.15) is 0 Å². The molecular weight excluding hydrogens is 507 g/mol. The maximum absolute atomic E-state index is 13.2. The van der Waals surface area contributed by atoms with Gasteiger partial charge < -0.3 is 4.74 Å². The van der Waals surface area contributed by atoms with Crippen LogP contribution in [-0.2, 0) is 19.2 Å². The fourth-order valence-electron chi connectivity index (χ4n) is 4.65. The molecule has 1 atom stereocenters. The molecule has 0 amide bonds. The van der Waals surface area contributed by atoms with Crippen molar-refractivity contribution in [1.29, 1.82) is 0 Å². The van der Waals surface area contributed by atoms with Crippen LogP contribution in [0.1, 0.15) is 70.6 Å². The first-order valence-corrected chi connectivity index (χ1v) is 15.4. The minimum atomic E-state index is -3.38. The number of unbranched alkanes of at least 4 members (excludes halogenated alkanes) is 2. The molecule has 0 radical (unpaired) electrons. The van der Waals surface area contributed by atoms with Crippen molar-refractivity contribution in [2.24, 2.45) is 0 Å². The Morgan fingerprint density at radius 1 is 0.769 bits per heavy atom. The van der Waals surface area contributed by atoms with Gasteiger partial charge in [0, 0.05) is 6.04 Å². The quantitative estimate of drug-likeness (QED) is 0.114. The summed E-state index contributed by atoms with van der Waals surface area (Å²) in [6, 6.07) is 29.4. The van der Waals surface area contributed by atoms with Gasteiger partial charge in [-0.15, -0.1) is 0 Å². The SMILES string of the molecule is COc1ccc(C(NCCCCCOP(=O)(NC(C)C)OC(C)(C)C)(c2ccccc2)c2ccccc2)cc1. The molecule has 1 unspecified atom stereocenters. The molecule has 0 saturated carbocycles. The predicted octanol–water partition coefficient (Wildman–Crippen LogP) is 7.68. The summed E-state index contributed by atoms with van der Waals surface area (Å²) in [5.41, 5.74) is 2.39. The molecule has 0 aliphatic heterocycles. The van der Waals surface area contributed by atoms with E-state index in [1.807, 2.05) is 58.9 Å². The maximum Gasteiger partial charge on any atom is 0.406 e. The molecule has 0 heterocycles. The fraction of sp³-hybridized carbons (Fsp3) is 0.438. The van der Waals surface area contributed by atoms with E-state index in [1.54, 1.807) is 7.11 Å². The summed E-state index contributed by atoms with van der Waals surface area (Å²) >= 11 is 0. The topological polar surface area (TPSA) is 68.8 Å². The van der Waals surface area contributed by atoms with Crippen molar-refractivity contribution in [2.75, 3.05) is 20.3 Å². The van der Waals surface area contributed by atoms with Gasteiger partial charge in [0.05, 0.1) is 24.9 Å². The maximum atomic E-state index is 13.2. The summed E-state index contributed by atoms with van der Waals surface area (Å²) < 4.78 is 30.2. The molecule has 3 aromatic rings. The average molecular weight is 553 g/mol. The highest BCUT2D eigenvalue weighted by atomic mass is 31.2. The highest BCUT2D eigenvalue weighted by molar-refractivity contribution is 7.51. The van der Waals surface area contributed by atoms with Crippen molar-refractivity contribution >= 4 is 7.75 Å². The number of benzene rings is 3. The summed E-state index contributed by atoms with van der Waals surface area (Å²) in [7, 11) is -1.70. The first-order valence-electron chi connectivity index (χ1n) is 13.8. The molecule has 2 N–H and O–H groups in total. The Labute approximate surface area is 235 Å². The Hall–Kier alpha value is -2.47. The molecule has 212 valence electrons. The number of rotatable bonds is 15. The third kappa shape index (κ3) is 9.02. The average Bonchev–Trinajstić information content (AvgIpc) is 2.90. The lowest BCUT2D eigenvalue weighted by molar-refractivity contribution is 0.0874. The molecule has 39 heavy (non-hydrogen) atoms. The largest absolute Gasteiger partial charge is 0.497 e. The normalized spacial score (nSPS) is 13.8. The van der Waals surface area contributed by atoms with Crippen LogP contribution in [0.5, 0.6) is 5.75 Å². The minimum Gasteiger partial charge on any atom is -0.497 e. The van der Waals surface area contributed by atoms with Crippen LogP contribution < -0.4 is 15.1 Å². The zero-order valence-electron chi connectivity index (χ0n) is 24.3. The van der Waals surface area contributed by atoms with Crippen molar-refractivity contribution in [3.05, 3.63) is 102 Å². The van der Waals surface area contributed by atoms with Crippen molar-refractivity contribution in [1.82, 2.24) is 10.4 Å². The number of hydrogen-bond acceptors (Lipinski definition) is 5.